The second-order valence-corrected chi connectivity index (χ2v) is 7.47. The number of benzene rings is 1. The molecular formula is C16H19NO5S. The maximum atomic E-state index is 12.8. The number of aryl methyl sites for hydroxylation is 1. The molecule has 0 fully saturated rings. The van der Waals surface area contributed by atoms with E-state index in [0.717, 1.165) is 5.56 Å². The van der Waals surface area contributed by atoms with Gasteiger partial charge in [0, 0.05) is 12.0 Å². The van der Waals surface area contributed by atoms with Gasteiger partial charge in [-0.15, -0.1) is 0 Å². The van der Waals surface area contributed by atoms with Crippen molar-refractivity contribution in [1.29, 1.82) is 0 Å². The normalized spacial score (nSPS) is 18.0. The topological polar surface area (TPSA) is 89.5 Å². The molecule has 1 aromatic carbocycles. The molecular weight excluding hydrogens is 318 g/mol. The van der Waals surface area contributed by atoms with E-state index in [4.69, 9.17) is 0 Å². The van der Waals surface area contributed by atoms with Gasteiger partial charge in [-0.05, 0) is 38.0 Å². The lowest BCUT2D eigenvalue weighted by Crippen LogP contribution is -2.36. The van der Waals surface area contributed by atoms with Gasteiger partial charge in [0.2, 0.25) is 15.7 Å². The van der Waals surface area contributed by atoms with Crippen LogP contribution in [0.2, 0.25) is 0 Å². The second-order valence-electron chi connectivity index (χ2n) is 5.44. The first kappa shape index (κ1) is 17.2. The highest BCUT2D eigenvalue weighted by Gasteiger charge is 2.39. The molecule has 7 heteroatoms. The van der Waals surface area contributed by atoms with Crippen LogP contribution in [0.15, 0.2) is 40.3 Å². The average Bonchev–Trinajstić information content (AvgIpc) is 2.81. The minimum absolute atomic E-state index is 0.0258. The van der Waals surface area contributed by atoms with Gasteiger partial charge in [-0.2, -0.15) is 0 Å². The lowest BCUT2D eigenvalue weighted by atomic mass is 10.1. The summed E-state index contributed by atoms with van der Waals surface area (Å²) in [6.07, 6.45) is 0.186. The van der Waals surface area contributed by atoms with Crippen molar-refractivity contribution in [3.05, 3.63) is 41.0 Å². The Morgan fingerprint density at radius 3 is 2.39 bits per heavy atom. The minimum atomic E-state index is -3.77. The van der Waals surface area contributed by atoms with Crippen molar-refractivity contribution < 1.29 is 22.7 Å². The minimum Gasteiger partial charge on any atom is -0.469 e. The lowest BCUT2D eigenvalue weighted by molar-refractivity contribution is -0.140. The molecule has 1 atom stereocenters. The summed E-state index contributed by atoms with van der Waals surface area (Å²) in [6, 6.07) is 6.44. The number of rotatable bonds is 5. The summed E-state index contributed by atoms with van der Waals surface area (Å²) in [4.78, 5) is 23.4. The summed E-state index contributed by atoms with van der Waals surface area (Å²) < 4.78 is 30.2. The first-order valence-corrected chi connectivity index (χ1v) is 8.70. The number of ether oxygens (including phenoxy) is 1. The molecule has 1 N–H and O–H groups in total. The van der Waals surface area contributed by atoms with E-state index in [1.165, 1.54) is 19.2 Å². The number of hydrogen-bond acceptors (Lipinski definition) is 5. The van der Waals surface area contributed by atoms with Crippen LogP contribution < -0.4 is 5.32 Å². The van der Waals surface area contributed by atoms with Gasteiger partial charge in [-0.1, -0.05) is 17.7 Å². The van der Waals surface area contributed by atoms with E-state index in [0.29, 0.717) is 11.1 Å². The quantitative estimate of drug-likeness (QED) is 0.822. The number of sulfone groups is 1. The maximum Gasteiger partial charge on any atom is 0.305 e. The van der Waals surface area contributed by atoms with Crippen molar-refractivity contribution in [3.8, 4) is 0 Å². The van der Waals surface area contributed by atoms with E-state index in [1.54, 1.807) is 19.1 Å². The van der Waals surface area contributed by atoms with E-state index < -0.39 is 27.1 Å². The van der Waals surface area contributed by atoms with E-state index in [2.05, 4.69) is 10.1 Å². The molecule has 1 unspecified atom stereocenters. The monoisotopic (exact) mass is 337 g/mol. The largest absolute Gasteiger partial charge is 0.469 e. The first-order valence-electron chi connectivity index (χ1n) is 7.15. The predicted octanol–water partition coefficient (Wildman–Crippen LogP) is 1.49. The zero-order valence-electron chi connectivity index (χ0n) is 13.3. The summed E-state index contributed by atoms with van der Waals surface area (Å²) >= 11 is 0. The van der Waals surface area contributed by atoms with Gasteiger partial charge in [-0.25, -0.2) is 8.42 Å². The molecule has 1 aliphatic rings. The van der Waals surface area contributed by atoms with Crippen LogP contribution in [0.1, 0.15) is 25.3 Å². The van der Waals surface area contributed by atoms with Crippen molar-refractivity contribution in [2.45, 2.75) is 37.0 Å². The van der Waals surface area contributed by atoms with E-state index in [9.17, 15) is 18.0 Å². The number of hydrogen-bond donors (Lipinski definition) is 1. The fourth-order valence-electron chi connectivity index (χ4n) is 2.44. The molecule has 0 saturated heterocycles. The molecule has 0 aromatic heterocycles. The number of methoxy groups -OCH3 is 1. The van der Waals surface area contributed by atoms with Crippen molar-refractivity contribution in [3.63, 3.8) is 0 Å². The molecule has 6 nitrogen and oxygen atoms in total. The molecule has 0 spiro atoms. The standard InChI is InChI=1S/C16H19NO5S/c1-10-4-6-12(7-5-10)23(20,21)16-13(8-9-14(18)22-3)11(2)15(19)17-16/h4-7,16H,8-9H2,1-3H3,(H,17,19). The molecule has 23 heavy (non-hydrogen) atoms. The predicted molar refractivity (Wildman–Crippen MR) is 84.2 cm³/mol. The van der Waals surface area contributed by atoms with Gasteiger partial charge in [0.05, 0.1) is 12.0 Å². The second kappa shape index (κ2) is 6.54. The molecule has 124 valence electrons. The summed E-state index contributed by atoms with van der Waals surface area (Å²) in [5, 5.41) is 1.36. The third-order valence-electron chi connectivity index (χ3n) is 3.89. The Labute approximate surface area is 135 Å². The van der Waals surface area contributed by atoms with E-state index >= 15 is 0 Å². The Hall–Kier alpha value is -2.15. The van der Waals surface area contributed by atoms with Crippen LogP contribution in [-0.4, -0.2) is 32.8 Å². The number of nitrogens with one attached hydrogen (secondary N) is 1. The van der Waals surface area contributed by atoms with Gasteiger partial charge < -0.3 is 10.1 Å². The smallest absolute Gasteiger partial charge is 0.305 e. The van der Waals surface area contributed by atoms with Gasteiger partial charge in [0.25, 0.3) is 0 Å². The summed E-state index contributed by atoms with van der Waals surface area (Å²) in [5.41, 5.74) is 1.70. The summed E-state index contributed by atoms with van der Waals surface area (Å²) in [7, 11) is -2.50. The molecule has 2 rings (SSSR count). The fourth-order valence-corrected chi connectivity index (χ4v) is 4.16. The Morgan fingerprint density at radius 1 is 1.22 bits per heavy atom. The Balaban J connectivity index is 2.34. The van der Waals surface area contributed by atoms with Crippen molar-refractivity contribution in [2.24, 2.45) is 0 Å². The van der Waals surface area contributed by atoms with Gasteiger partial charge in [-0.3, -0.25) is 9.59 Å². The van der Waals surface area contributed by atoms with Crippen LogP contribution in [0, 0.1) is 6.92 Å². The van der Waals surface area contributed by atoms with Crippen LogP contribution in [0.5, 0.6) is 0 Å². The van der Waals surface area contributed by atoms with Crippen molar-refractivity contribution in [2.75, 3.05) is 7.11 Å². The Kier molecular flexibility index (Phi) is 4.89. The van der Waals surface area contributed by atoms with Crippen LogP contribution in [0.3, 0.4) is 0 Å². The molecule has 1 heterocycles. The fraction of sp³-hybridized carbons (Fsp3) is 0.375. The van der Waals surface area contributed by atoms with Gasteiger partial charge >= 0.3 is 5.97 Å². The molecule has 0 saturated carbocycles. The zero-order chi connectivity index (χ0) is 17.2. The Bertz CT molecular complexity index is 762. The summed E-state index contributed by atoms with van der Waals surface area (Å²) in [6.45, 7) is 3.42. The van der Waals surface area contributed by atoms with E-state index in [-0.39, 0.29) is 17.7 Å². The molecule has 1 amide bonds. The van der Waals surface area contributed by atoms with Crippen LogP contribution in [-0.2, 0) is 24.2 Å². The van der Waals surface area contributed by atoms with Crippen molar-refractivity contribution >= 4 is 21.7 Å². The summed E-state index contributed by atoms with van der Waals surface area (Å²) in [5.74, 6) is -0.873. The molecule has 1 aromatic rings. The SMILES string of the molecule is COC(=O)CCC1=C(C)C(=O)NC1S(=O)(=O)c1ccc(C)cc1. The van der Waals surface area contributed by atoms with Crippen LogP contribution >= 0.6 is 0 Å². The molecule has 0 aliphatic carbocycles. The third kappa shape index (κ3) is 3.44. The van der Waals surface area contributed by atoms with E-state index in [1.807, 2.05) is 6.92 Å². The number of esters is 1. The Morgan fingerprint density at radius 2 is 1.83 bits per heavy atom. The third-order valence-corrected chi connectivity index (χ3v) is 5.84. The number of amides is 1. The van der Waals surface area contributed by atoms with Crippen molar-refractivity contribution in [1.82, 2.24) is 5.32 Å². The lowest BCUT2D eigenvalue weighted by Gasteiger charge is -2.16. The number of carbonyl (C=O) groups excluding carboxylic acids is 2. The van der Waals surface area contributed by atoms with Gasteiger partial charge in [0.1, 0.15) is 0 Å². The maximum absolute atomic E-state index is 12.8. The van der Waals surface area contributed by atoms with Crippen LogP contribution in [0.25, 0.3) is 0 Å². The molecule has 0 radical (unpaired) electrons. The zero-order valence-corrected chi connectivity index (χ0v) is 14.1. The first-order chi connectivity index (χ1) is 10.8. The highest BCUT2D eigenvalue weighted by Crippen LogP contribution is 2.29. The highest BCUT2D eigenvalue weighted by atomic mass is 32.2. The highest BCUT2D eigenvalue weighted by molar-refractivity contribution is 7.92. The average molecular weight is 337 g/mol. The number of carbonyl (C=O) groups is 2. The molecule has 0 bridgehead atoms. The van der Waals surface area contributed by atoms with Gasteiger partial charge in [0.15, 0.2) is 5.37 Å². The molecule has 1 aliphatic heterocycles. The van der Waals surface area contributed by atoms with Crippen LogP contribution in [0.4, 0.5) is 0 Å².